The van der Waals surface area contributed by atoms with Crippen molar-refractivity contribution in [2.24, 2.45) is 0 Å². The van der Waals surface area contributed by atoms with Gasteiger partial charge < -0.3 is 15.2 Å². The molecular weight excluding hydrogens is 202 g/mol. The molecule has 0 radical (unpaired) electrons. The number of carbonyl (C=O) groups excluding carboxylic acids is 2. The maximum atomic E-state index is 11.1. The lowest BCUT2D eigenvalue weighted by Crippen LogP contribution is -2.44. The minimum absolute atomic E-state index is 0.684. The lowest BCUT2D eigenvalue weighted by atomic mass is 10.2. The molecule has 0 saturated carbocycles. The lowest BCUT2D eigenvalue weighted by Gasteiger charge is -2.20. The monoisotopic (exact) mass is 217 g/mol. The van der Waals surface area contributed by atoms with Gasteiger partial charge in [0.25, 0.3) is 5.78 Å². The van der Waals surface area contributed by atoms with Gasteiger partial charge in [0.05, 0.1) is 6.04 Å². The first-order chi connectivity index (χ1) is 6.63. The smallest absolute Gasteiger partial charge is 0.408 e. The van der Waals surface area contributed by atoms with Gasteiger partial charge in [-0.15, -0.1) is 0 Å². The van der Waals surface area contributed by atoms with Crippen LogP contribution in [0.4, 0.5) is 4.79 Å². The highest BCUT2D eigenvalue weighted by atomic mass is 16.6. The first kappa shape index (κ1) is 13.4. The van der Waals surface area contributed by atoms with E-state index in [0.29, 0.717) is 0 Å². The first-order valence-electron chi connectivity index (χ1n) is 4.40. The van der Waals surface area contributed by atoms with Crippen LogP contribution in [0.15, 0.2) is 0 Å². The minimum Gasteiger partial charge on any atom is -0.475 e. The number of alkyl carbamates (subject to hydrolysis) is 1. The van der Waals surface area contributed by atoms with Crippen LogP contribution in [0.5, 0.6) is 0 Å². The van der Waals surface area contributed by atoms with Gasteiger partial charge in [-0.05, 0) is 27.7 Å². The number of ketones is 1. The van der Waals surface area contributed by atoms with E-state index in [4.69, 9.17) is 9.84 Å². The Morgan fingerprint density at radius 1 is 1.27 bits per heavy atom. The highest BCUT2D eigenvalue weighted by Crippen LogP contribution is 2.06. The number of carboxylic acid groups (broad SMARTS) is 1. The molecule has 0 rings (SSSR count). The minimum atomic E-state index is -1.58. The average Bonchev–Trinajstić information content (AvgIpc) is 1.98. The van der Waals surface area contributed by atoms with E-state index in [9.17, 15) is 14.4 Å². The van der Waals surface area contributed by atoms with Crippen molar-refractivity contribution in [1.82, 2.24) is 5.32 Å². The summed E-state index contributed by atoms with van der Waals surface area (Å²) < 4.78 is 4.84. The maximum absolute atomic E-state index is 11.1. The Morgan fingerprint density at radius 3 is 2.07 bits per heavy atom. The van der Waals surface area contributed by atoms with Crippen LogP contribution >= 0.6 is 0 Å². The molecule has 1 unspecified atom stereocenters. The molecule has 2 N–H and O–H groups in total. The Balaban J connectivity index is 4.20. The molecule has 0 aliphatic carbocycles. The zero-order valence-corrected chi connectivity index (χ0v) is 9.16. The Morgan fingerprint density at radius 2 is 1.73 bits per heavy atom. The molecule has 0 aromatic heterocycles. The average molecular weight is 217 g/mol. The molecule has 15 heavy (non-hydrogen) atoms. The predicted octanol–water partition coefficient (Wildman–Crippen LogP) is 0.553. The summed E-state index contributed by atoms with van der Waals surface area (Å²) in [7, 11) is 0. The third-order valence-electron chi connectivity index (χ3n) is 1.34. The molecule has 0 spiro atoms. The zero-order chi connectivity index (χ0) is 12.2. The van der Waals surface area contributed by atoms with Gasteiger partial charge in [0.2, 0.25) is 0 Å². The molecule has 0 aliphatic rings. The number of hydrogen-bond acceptors (Lipinski definition) is 4. The maximum Gasteiger partial charge on any atom is 0.408 e. The fraction of sp³-hybridized carbons (Fsp3) is 0.667. The molecule has 0 aromatic carbocycles. The summed E-state index contributed by atoms with van der Waals surface area (Å²) in [6.07, 6.45) is -0.815. The van der Waals surface area contributed by atoms with Gasteiger partial charge in [-0.2, -0.15) is 0 Å². The van der Waals surface area contributed by atoms with Gasteiger partial charge in [0.1, 0.15) is 5.60 Å². The van der Waals surface area contributed by atoms with Gasteiger partial charge in [0, 0.05) is 0 Å². The van der Waals surface area contributed by atoms with Crippen LogP contribution < -0.4 is 5.32 Å². The molecule has 0 aliphatic heterocycles. The standard InChI is InChI=1S/C9H15NO5/c1-5(6(11)7(12)13)10-8(14)15-9(2,3)4/h5H,1-4H3,(H,10,14)(H,12,13). The quantitative estimate of drug-likeness (QED) is 0.673. The van der Waals surface area contributed by atoms with E-state index in [1.165, 1.54) is 6.92 Å². The first-order valence-corrected chi connectivity index (χ1v) is 4.40. The SMILES string of the molecule is CC(NC(=O)OC(C)(C)C)C(=O)C(=O)O. The van der Waals surface area contributed by atoms with Crippen molar-refractivity contribution in [2.45, 2.75) is 39.3 Å². The molecule has 6 heteroatoms. The second kappa shape index (κ2) is 4.77. The Hall–Kier alpha value is -1.59. The fourth-order valence-electron chi connectivity index (χ4n) is 0.735. The predicted molar refractivity (Wildman–Crippen MR) is 51.5 cm³/mol. The van der Waals surface area contributed by atoms with Crippen molar-refractivity contribution in [1.29, 1.82) is 0 Å². The second-order valence-corrected chi connectivity index (χ2v) is 4.04. The number of amides is 1. The highest BCUT2D eigenvalue weighted by molar-refractivity contribution is 6.35. The molecule has 1 atom stereocenters. The normalized spacial score (nSPS) is 12.8. The van der Waals surface area contributed by atoms with Gasteiger partial charge in [-0.25, -0.2) is 9.59 Å². The van der Waals surface area contributed by atoms with Crippen LogP contribution in [0.3, 0.4) is 0 Å². The van der Waals surface area contributed by atoms with E-state index in [1.807, 2.05) is 0 Å². The number of ether oxygens (including phenoxy) is 1. The summed E-state index contributed by atoms with van der Waals surface area (Å²) in [6.45, 7) is 6.27. The third kappa shape index (κ3) is 5.66. The van der Waals surface area contributed by atoms with Crippen molar-refractivity contribution >= 4 is 17.8 Å². The van der Waals surface area contributed by atoms with Crippen molar-refractivity contribution < 1.29 is 24.2 Å². The Labute approximate surface area is 87.6 Å². The zero-order valence-electron chi connectivity index (χ0n) is 9.16. The molecular formula is C9H15NO5. The van der Waals surface area contributed by atoms with Crippen LogP contribution in [0.1, 0.15) is 27.7 Å². The van der Waals surface area contributed by atoms with Crippen LogP contribution in [-0.2, 0) is 14.3 Å². The van der Waals surface area contributed by atoms with E-state index < -0.39 is 29.5 Å². The third-order valence-corrected chi connectivity index (χ3v) is 1.34. The van der Waals surface area contributed by atoms with Crippen LogP contribution in [0.25, 0.3) is 0 Å². The number of hydrogen-bond donors (Lipinski definition) is 2. The summed E-state index contributed by atoms with van der Waals surface area (Å²) in [4.78, 5) is 32.3. The molecule has 86 valence electrons. The largest absolute Gasteiger partial charge is 0.475 e. The summed E-state index contributed by atoms with van der Waals surface area (Å²) >= 11 is 0. The van der Waals surface area contributed by atoms with Crippen molar-refractivity contribution in [3.8, 4) is 0 Å². The number of aliphatic carboxylic acids is 1. The van der Waals surface area contributed by atoms with Gasteiger partial charge in [-0.1, -0.05) is 0 Å². The molecule has 1 amide bonds. The molecule has 0 fully saturated rings. The Kier molecular flexibility index (Phi) is 4.26. The molecule has 0 heterocycles. The summed E-state index contributed by atoms with van der Waals surface area (Å²) in [5.74, 6) is -2.67. The Bertz CT molecular complexity index is 279. The van der Waals surface area contributed by atoms with Crippen molar-refractivity contribution in [3.63, 3.8) is 0 Å². The van der Waals surface area contributed by atoms with E-state index in [0.717, 1.165) is 0 Å². The number of carboxylic acids is 1. The van der Waals surface area contributed by atoms with E-state index >= 15 is 0 Å². The summed E-state index contributed by atoms with van der Waals surface area (Å²) in [6, 6.07) is -1.10. The van der Waals surface area contributed by atoms with Crippen LogP contribution in [0, 0.1) is 0 Å². The summed E-state index contributed by atoms with van der Waals surface area (Å²) in [5.41, 5.74) is -0.684. The van der Waals surface area contributed by atoms with E-state index in [2.05, 4.69) is 5.32 Å². The number of rotatable bonds is 3. The number of Topliss-reactive ketones (excluding diaryl/α,β-unsaturated/α-hetero) is 1. The van der Waals surface area contributed by atoms with Gasteiger partial charge in [0.15, 0.2) is 0 Å². The van der Waals surface area contributed by atoms with E-state index in [-0.39, 0.29) is 0 Å². The van der Waals surface area contributed by atoms with E-state index in [1.54, 1.807) is 20.8 Å². The summed E-state index contributed by atoms with van der Waals surface area (Å²) in [5, 5.41) is 10.5. The molecule has 6 nitrogen and oxygen atoms in total. The highest BCUT2D eigenvalue weighted by Gasteiger charge is 2.24. The van der Waals surface area contributed by atoms with Crippen LogP contribution in [0.2, 0.25) is 0 Å². The molecule has 0 bridgehead atoms. The lowest BCUT2D eigenvalue weighted by molar-refractivity contribution is -0.149. The van der Waals surface area contributed by atoms with Crippen LogP contribution in [-0.4, -0.2) is 34.6 Å². The number of carbonyl (C=O) groups is 3. The number of nitrogens with one attached hydrogen (secondary N) is 1. The van der Waals surface area contributed by atoms with Gasteiger partial charge in [-0.3, -0.25) is 4.79 Å². The van der Waals surface area contributed by atoms with Gasteiger partial charge >= 0.3 is 12.1 Å². The van der Waals surface area contributed by atoms with Crippen molar-refractivity contribution in [3.05, 3.63) is 0 Å². The topological polar surface area (TPSA) is 92.7 Å². The molecule has 0 aromatic rings. The molecule has 0 saturated heterocycles. The second-order valence-electron chi connectivity index (χ2n) is 4.04. The fourth-order valence-corrected chi connectivity index (χ4v) is 0.735. The van der Waals surface area contributed by atoms with Crippen molar-refractivity contribution in [2.75, 3.05) is 0 Å².